The van der Waals surface area contributed by atoms with Gasteiger partial charge in [-0.25, -0.2) is 0 Å². The third-order valence-corrected chi connectivity index (χ3v) is 1.98. The molecule has 14 heavy (non-hydrogen) atoms. The summed E-state index contributed by atoms with van der Waals surface area (Å²) in [6, 6.07) is 0. The molecule has 0 amide bonds. The number of ether oxygens (including phenoxy) is 1. The van der Waals surface area contributed by atoms with E-state index in [0.717, 1.165) is 25.3 Å². The molecule has 0 aromatic carbocycles. The van der Waals surface area contributed by atoms with E-state index in [4.69, 9.17) is 4.74 Å². The van der Waals surface area contributed by atoms with Crippen molar-refractivity contribution in [1.29, 1.82) is 0 Å². The quantitative estimate of drug-likeness (QED) is 0.431. The van der Waals surface area contributed by atoms with Crippen LogP contribution in [0.25, 0.3) is 0 Å². The van der Waals surface area contributed by atoms with Gasteiger partial charge in [-0.3, -0.25) is 0 Å². The lowest BCUT2D eigenvalue weighted by Gasteiger charge is -2.05. The Labute approximate surface area is 88.7 Å². The highest BCUT2D eigenvalue weighted by molar-refractivity contribution is 4.87. The molecule has 0 fully saturated rings. The highest BCUT2D eigenvalue weighted by Gasteiger charge is 1.90. The van der Waals surface area contributed by atoms with E-state index in [2.05, 4.69) is 18.8 Å². The van der Waals surface area contributed by atoms with Crippen molar-refractivity contribution in [3.8, 4) is 0 Å². The van der Waals surface area contributed by atoms with Crippen LogP contribution in [0, 0.1) is 0 Å². The molecule has 0 radical (unpaired) electrons. The van der Waals surface area contributed by atoms with E-state index in [-0.39, 0.29) is 0 Å². The van der Waals surface area contributed by atoms with Crippen LogP contribution in [0.3, 0.4) is 0 Å². The fraction of sp³-hybridized carbons (Fsp3) is 0.833. The Bertz CT molecular complexity index is 134. The molecule has 84 valence electrons. The normalized spacial score (nSPS) is 10.4. The summed E-state index contributed by atoms with van der Waals surface area (Å²) in [5.41, 5.74) is 1.09. The van der Waals surface area contributed by atoms with Gasteiger partial charge in [-0.05, 0) is 19.9 Å². The Morgan fingerprint density at radius 3 is 2.64 bits per heavy atom. The lowest BCUT2D eigenvalue weighted by Crippen LogP contribution is -2.21. The van der Waals surface area contributed by atoms with E-state index in [1.165, 1.54) is 25.7 Å². The fourth-order valence-corrected chi connectivity index (χ4v) is 1.19. The summed E-state index contributed by atoms with van der Waals surface area (Å²) < 4.78 is 5.36. The lowest BCUT2D eigenvalue weighted by atomic mass is 10.2. The predicted octanol–water partition coefficient (Wildman–Crippen LogP) is 2.75. The van der Waals surface area contributed by atoms with Crippen molar-refractivity contribution in [3.05, 3.63) is 12.2 Å². The van der Waals surface area contributed by atoms with E-state index >= 15 is 0 Å². The SMILES string of the molecule is C=C(C)COCCNCCCCCC. The summed E-state index contributed by atoms with van der Waals surface area (Å²) in [5.74, 6) is 0. The van der Waals surface area contributed by atoms with Crippen molar-refractivity contribution in [2.24, 2.45) is 0 Å². The van der Waals surface area contributed by atoms with Gasteiger partial charge in [0.15, 0.2) is 0 Å². The molecule has 0 aliphatic carbocycles. The van der Waals surface area contributed by atoms with Crippen molar-refractivity contribution in [1.82, 2.24) is 5.32 Å². The number of nitrogens with one attached hydrogen (secondary N) is 1. The van der Waals surface area contributed by atoms with Crippen LogP contribution in [0.2, 0.25) is 0 Å². The van der Waals surface area contributed by atoms with Gasteiger partial charge in [-0.15, -0.1) is 0 Å². The van der Waals surface area contributed by atoms with Crippen molar-refractivity contribution >= 4 is 0 Å². The minimum Gasteiger partial charge on any atom is -0.376 e. The van der Waals surface area contributed by atoms with Gasteiger partial charge in [-0.2, -0.15) is 0 Å². The first-order valence-corrected chi connectivity index (χ1v) is 5.70. The van der Waals surface area contributed by atoms with Crippen molar-refractivity contribution in [2.45, 2.75) is 39.5 Å². The van der Waals surface area contributed by atoms with Crippen LogP contribution in [0.4, 0.5) is 0 Å². The molecule has 2 heteroatoms. The zero-order valence-corrected chi connectivity index (χ0v) is 9.77. The van der Waals surface area contributed by atoms with Crippen molar-refractivity contribution in [2.75, 3.05) is 26.3 Å². The van der Waals surface area contributed by atoms with Crippen LogP contribution in [-0.4, -0.2) is 26.3 Å². The molecule has 0 bridgehead atoms. The Morgan fingerprint density at radius 1 is 1.21 bits per heavy atom. The van der Waals surface area contributed by atoms with Gasteiger partial charge in [0.1, 0.15) is 0 Å². The van der Waals surface area contributed by atoms with Crippen LogP contribution >= 0.6 is 0 Å². The first-order valence-electron chi connectivity index (χ1n) is 5.70. The van der Waals surface area contributed by atoms with Gasteiger partial charge in [0.25, 0.3) is 0 Å². The molecule has 0 aliphatic heterocycles. The number of unbranched alkanes of at least 4 members (excludes halogenated alkanes) is 3. The zero-order chi connectivity index (χ0) is 10.6. The van der Waals surface area contributed by atoms with Gasteiger partial charge in [0.05, 0.1) is 13.2 Å². The highest BCUT2D eigenvalue weighted by atomic mass is 16.5. The Balaban J connectivity index is 2.88. The Hall–Kier alpha value is -0.340. The Morgan fingerprint density at radius 2 is 2.00 bits per heavy atom. The van der Waals surface area contributed by atoms with Crippen molar-refractivity contribution in [3.63, 3.8) is 0 Å². The van der Waals surface area contributed by atoms with E-state index < -0.39 is 0 Å². The van der Waals surface area contributed by atoms with Crippen LogP contribution < -0.4 is 5.32 Å². The van der Waals surface area contributed by atoms with Gasteiger partial charge in [0, 0.05) is 6.54 Å². The molecule has 0 atom stereocenters. The Kier molecular flexibility index (Phi) is 10.5. The topological polar surface area (TPSA) is 21.3 Å². The molecule has 0 aliphatic rings. The van der Waals surface area contributed by atoms with Gasteiger partial charge in [0.2, 0.25) is 0 Å². The largest absolute Gasteiger partial charge is 0.376 e. The van der Waals surface area contributed by atoms with E-state index in [0.29, 0.717) is 6.61 Å². The number of hydrogen-bond acceptors (Lipinski definition) is 2. The summed E-state index contributed by atoms with van der Waals surface area (Å²) in [7, 11) is 0. The molecule has 0 aromatic rings. The smallest absolute Gasteiger partial charge is 0.0672 e. The molecule has 0 aromatic heterocycles. The summed E-state index contributed by atoms with van der Waals surface area (Å²) in [4.78, 5) is 0. The standard InChI is InChI=1S/C12H25NO/c1-4-5-6-7-8-13-9-10-14-11-12(2)3/h13H,2,4-11H2,1,3H3. The molecule has 0 rings (SSSR count). The van der Waals surface area contributed by atoms with E-state index in [1.54, 1.807) is 0 Å². The van der Waals surface area contributed by atoms with Gasteiger partial charge >= 0.3 is 0 Å². The van der Waals surface area contributed by atoms with Crippen LogP contribution in [0.15, 0.2) is 12.2 Å². The molecule has 0 saturated heterocycles. The van der Waals surface area contributed by atoms with Crippen LogP contribution in [-0.2, 0) is 4.74 Å². The number of hydrogen-bond donors (Lipinski definition) is 1. The molecule has 0 spiro atoms. The third kappa shape index (κ3) is 11.7. The molecule has 2 nitrogen and oxygen atoms in total. The second kappa shape index (κ2) is 10.7. The van der Waals surface area contributed by atoms with Crippen molar-refractivity contribution < 1.29 is 4.74 Å². The molecule has 0 unspecified atom stereocenters. The summed E-state index contributed by atoms with van der Waals surface area (Å²) >= 11 is 0. The minimum absolute atomic E-state index is 0.692. The van der Waals surface area contributed by atoms with Crippen LogP contribution in [0.1, 0.15) is 39.5 Å². The summed E-state index contributed by atoms with van der Waals surface area (Å²) in [6.45, 7) is 11.6. The molecule has 1 N–H and O–H groups in total. The maximum Gasteiger partial charge on any atom is 0.0672 e. The summed E-state index contributed by atoms with van der Waals surface area (Å²) in [6.07, 6.45) is 5.29. The molecule has 0 heterocycles. The number of rotatable bonds is 10. The first-order chi connectivity index (χ1) is 6.77. The second-order valence-corrected chi connectivity index (χ2v) is 3.82. The minimum atomic E-state index is 0.692. The fourth-order valence-electron chi connectivity index (χ4n) is 1.19. The molecular weight excluding hydrogens is 174 g/mol. The predicted molar refractivity (Wildman–Crippen MR) is 62.6 cm³/mol. The monoisotopic (exact) mass is 199 g/mol. The first kappa shape index (κ1) is 13.7. The zero-order valence-electron chi connectivity index (χ0n) is 9.77. The summed E-state index contributed by atoms with van der Waals surface area (Å²) in [5, 5.41) is 3.36. The average molecular weight is 199 g/mol. The van der Waals surface area contributed by atoms with Gasteiger partial charge < -0.3 is 10.1 Å². The second-order valence-electron chi connectivity index (χ2n) is 3.82. The van der Waals surface area contributed by atoms with E-state index in [9.17, 15) is 0 Å². The van der Waals surface area contributed by atoms with E-state index in [1.807, 2.05) is 6.92 Å². The maximum atomic E-state index is 5.36. The third-order valence-electron chi connectivity index (χ3n) is 1.98. The lowest BCUT2D eigenvalue weighted by molar-refractivity contribution is 0.158. The van der Waals surface area contributed by atoms with Gasteiger partial charge in [-0.1, -0.05) is 38.3 Å². The highest BCUT2D eigenvalue weighted by Crippen LogP contribution is 1.96. The molecular formula is C12H25NO. The molecule has 0 saturated carbocycles. The average Bonchev–Trinajstić information content (AvgIpc) is 2.15. The maximum absolute atomic E-state index is 5.36. The van der Waals surface area contributed by atoms with Crippen LogP contribution in [0.5, 0.6) is 0 Å².